The molecule has 0 saturated heterocycles. The molecular formula is C24H49IO9. The van der Waals surface area contributed by atoms with E-state index in [1.807, 2.05) is 0 Å². The van der Waals surface area contributed by atoms with Crippen LogP contribution >= 0.6 is 22.6 Å². The molecule has 0 spiro atoms. The van der Waals surface area contributed by atoms with E-state index in [0.29, 0.717) is 106 Å². The summed E-state index contributed by atoms with van der Waals surface area (Å²) in [6, 6.07) is 0. The minimum absolute atomic E-state index is 0.542. The van der Waals surface area contributed by atoms with Crippen molar-refractivity contribution in [1.82, 2.24) is 0 Å². The molecule has 0 bridgehead atoms. The van der Waals surface area contributed by atoms with E-state index in [2.05, 4.69) is 29.5 Å². The van der Waals surface area contributed by atoms with Crippen molar-refractivity contribution in [2.75, 3.05) is 123 Å². The zero-order valence-corrected chi connectivity index (χ0v) is 23.5. The summed E-state index contributed by atoms with van der Waals surface area (Å²) in [5, 5.41) is 0. The number of halogens is 1. The van der Waals surface area contributed by atoms with Crippen LogP contribution in [0.2, 0.25) is 0 Å². The number of unbranched alkanes of at least 4 members (excludes halogenated alkanes) is 3. The summed E-state index contributed by atoms with van der Waals surface area (Å²) in [7, 11) is 0. The number of rotatable bonds is 31. The Labute approximate surface area is 220 Å². The van der Waals surface area contributed by atoms with Gasteiger partial charge in [-0.05, 0) is 6.42 Å². The first-order valence-corrected chi connectivity index (χ1v) is 14.2. The number of hydrogen-bond acceptors (Lipinski definition) is 9. The van der Waals surface area contributed by atoms with E-state index >= 15 is 0 Å². The minimum Gasteiger partial charge on any atom is -0.379 e. The molecule has 0 saturated carbocycles. The largest absolute Gasteiger partial charge is 0.379 e. The summed E-state index contributed by atoms with van der Waals surface area (Å²) < 4.78 is 49.9. The van der Waals surface area contributed by atoms with Crippen LogP contribution in [0.1, 0.15) is 32.6 Å². The highest BCUT2D eigenvalue weighted by atomic mass is 127. The molecule has 10 heteroatoms. The maximum Gasteiger partial charge on any atom is 0.0701 e. The molecule has 0 unspecified atom stereocenters. The molecule has 206 valence electrons. The topological polar surface area (TPSA) is 83.1 Å². The molecule has 0 amide bonds. The van der Waals surface area contributed by atoms with Gasteiger partial charge in [0.25, 0.3) is 0 Å². The van der Waals surface area contributed by atoms with Crippen LogP contribution in [0, 0.1) is 0 Å². The van der Waals surface area contributed by atoms with Crippen LogP contribution in [0.3, 0.4) is 0 Å². The van der Waals surface area contributed by atoms with Crippen molar-refractivity contribution < 1.29 is 42.6 Å². The first-order chi connectivity index (χ1) is 16.9. The predicted octanol–water partition coefficient (Wildman–Crippen LogP) is 3.15. The Morgan fingerprint density at radius 2 is 0.588 bits per heavy atom. The molecule has 0 aliphatic carbocycles. The highest BCUT2D eigenvalue weighted by Crippen LogP contribution is 1.98. The van der Waals surface area contributed by atoms with Gasteiger partial charge in [0.2, 0.25) is 0 Å². The third-order valence-corrected chi connectivity index (χ3v) is 4.78. The van der Waals surface area contributed by atoms with Crippen LogP contribution in [-0.4, -0.2) is 123 Å². The fourth-order valence-electron chi connectivity index (χ4n) is 2.55. The van der Waals surface area contributed by atoms with Gasteiger partial charge in [-0.25, -0.2) is 0 Å². The van der Waals surface area contributed by atoms with E-state index in [1.165, 1.54) is 19.3 Å². The van der Waals surface area contributed by atoms with Crippen molar-refractivity contribution in [1.29, 1.82) is 0 Å². The third-order valence-electron chi connectivity index (χ3n) is 4.34. The van der Waals surface area contributed by atoms with E-state index in [0.717, 1.165) is 24.1 Å². The normalized spacial score (nSPS) is 11.5. The van der Waals surface area contributed by atoms with Crippen molar-refractivity contribution >= 4 is 22.6 Å². The minimum atomic E-state index is 0.542. The zero-order valence-electron chi connectivity index (χ0n) is 21.3. The lowest BCUT2D eigenvalue weighted by Crippen LogP contribution is -2.15. The highest BCUT2D eigenvalue weighted by molar-refractivity contribution is 14.1. The van der Waals surface area contributed by atoms with E-state index in [1.54, 1.807) is 0 Å². The average Bonchev–Trinajstić information content (AvgIpc) is 2.85. The molecule has 9 nitrogen and oxygen atoms in total. The third kappa shape index (κ3) is 32.4. The molecule has 0 heterocycles. The fraction of sp³-hybridized carbons (Fsp3) is 1.00. The first kappa shape index (κ1) is 34.4. The molecule has 34 heavy (non-hydrogen) atoms. The lowest BCUT2D eigenvalue weighted by molar-refractivity contribution is -0.0248. The summed E-state index contributed by atoms with van der Waals surface area (Å²) in [6.07, 6.45) is 4.92. The Bertz CT molecular complexity index is 322. The molecule has 0 rings (SSSR count). The number of hydrogen-bond donors (Lipinski definition) is 0. The van der Waals surface area contributed by atoms with Crippen LogP contribution in [-0.2, 0) is 42.6 Å². The van der Waals surface area contributed by atoms with Gasteiger partial charge in [0, 0.05) is 11.0 Å². The second-order valence-electron chi connectivity index (χ2n) is 7.26. The smallest absolute Gasteiger partial charge is 0.0701 e. The standard InChI is InChI=1S/C24H49IO9/c1-2-3-4-5-7-26-9-11-28-13-15-30-17-19-32-21-23-34-24-22-33-20-18-31-16-14-29-12-10-27-8-6-25/h2-24H2,1H3. The van der Waals surface area contributed by atoms with Crippen molar-refractivity contribution in [2.45, 2.75) is 32.6 Å². The summed E-state index contributed by atoms with van der Waals surface area (Å²) in [4.78, 5) is 0. The molecule has 0 aliphatic heterocycles. The first-order valence-electron chi connectivity index (χ1n) is 12.7. The van der Waals surface area contributed by atoms with Crippen LogP contribution in [0.25, 0.3) is 0 Å². The summed E-state index contributed by atoms with van der Waals surface area (Å²) in [5.74, 6) is 0. The molecule has 0 aromatic rings. The van der Waals surface area contributed by atoms with Gasteiger partial charge < -0.3 is 42.6 Å². The molecule has 0 radical (unpaired) electrons. The lowest BCUT2D eigenvalue weighted by Gasteiger charge is -2.08. The zero-order chi connectivity index (χ0) is 24.6. The Kier molecular flexibility index (Phi) is 33.7. The summed E-state index contributed by atoms with van der Waals surface area (Å²) in [6.45, 7) is 13.0. The second kappa shape index (κ2) is 33.4. The van der Waals surface area contributed by atoms with Gasteiger partial charge >= 0.3 is 0 Å². The molecule has 0 aromatic heterocycles. The van der Waals surface area contributed by atoms with Gasteiger partial charge in [-0.1, -0.05) is 48.8 Å². The molecular weight excluding hydrogens is 559 g/mol. The van der Waals surface area contributed by atoms with Crippen LogP contribution < -0.4 is 0 Å². The lowest BCUT2D eigenvalue weighted by atomic mass is 10.2. The highest BCUT2D eigenvalue weighted by Gasteiger charge is 1.95. The van der Waals surface area contributed by atoms with Crippen molar-refractivity contribution in [3.8, 4) is 0 Å². The van der Waals surface area contributed by atoms with Gasteiger partial charge in [-0.2, -0.15) is 0 Å². The average molecular weight is 609 g/mol. The van der Waals surface area contributed by atoms with Crippen molar-refractivity contribution in [2.24, 2.45) is 0 Å². The Balaban J connectivity index is 2.99. The molecule has 0 aliphatic rings. The van der Waals surface area contributed by atoms with Gasteiger partial charge in [-0.3, -0.25) is 0 Å². The fourth-order valence-corrected chi connectivity index (χ4v) is 2.86. The monoisotopic (exact) mass is 608 g/mol. The van der Waals surface area contributed by atoms with Gasteiger partial charge in [0.05, 0.1) is 112 Å². The molecule has 0 atom stereocenters. The molecule has 0 aromatic carbocycles. The van der Waals surface area contributed by atoms with E-state index in [-0.39, 0.29) is 0 Å². The van der Waals surface area contributed by atoms with Crippen LogP contribution in [0.5, 0.6) is 0 Å². The van der Waals surface area contributed by atoms with E-state index in [4.69, 9.17) is 42.6 Å². The van der Waals surface area contributed by atoms with Crippen molar-refractivity contribution in [3.05, 3.63) is 0 Å². The number of alkyl halides is 1. The van der Waals surface area contributed by atoms with Crippen LogP contribution in [0.4, 0.5) is 0 Å². The van der Waals surface area contributed by atoms with Gasteiger partial charge in [0.1, 0.15) is 0 Å². The van der Waals surface area contributed by atoms with Crippen molar-refractivity contribution in [3.63, 3.8) is 0 Å². The Hall–Kier alpha value is 0.370. The van der Waals surface area contributed by atoms with E-state index in [9.17, 15) is 0 Å². The van der Waals surface area contributed by atoms with Crippen LogP contribution in [0.15, 0.2) is 0 Å². The molecule has 0 fully saturated rings. The second-order valence-corrected chi connectivity index (χ2v) is 8.34. The van der Waals surface area contributed by atoms with Gasteiger partial charge in [0.15, 0.2) is 0 Å². The predicted molar refractivity (Wildman–Crippen MR) is 140 cm³/mol. The Morgan fingerprint density at radius 1 is 0.324 bits per heavy atom. The van der Waals surface area contributed by atoms with E-state index < -0.39 is 0 Å². The Morgan fingerprint density at radius 3 is 0.853 bits per heavy atom. The quantitative estimate of drug-likeness (QED) is 0.0670. The SMILES string of the molecule is CCCCCCOCCOCCOCCOCCOCCOCCOCCOCCOCCI. The molecule has 0 N–H and O–H groups in total. The maximum atomic E-state index is 5.51. The maximum absolute atomic E-state index is 5.51. The van der Waals surface area contributed by atoms with Gasteiger partial charge in [-0.15, -0.1) is 0 Å². The summed E-state index contributed by atoms with van der Waals surface area (Å²) in [5.41, 5.74) is 0. The number of ether oxygens (including phenoxy) is 9. The summed E-state index contributed by atoms with van der Waals surface area (Å²) >= 11 is 2.28.